The second-order valence-electron chi connectivity index (χ2n) is 7.47. The molecule has 0 atom stereocenters. The van der Waals surface area contributed by atoms with Crippen molar-refractivity contribution in [1.29, 1.82) is 0 Å². The van der Waals surface area contributed by atoms with Gasteiger partial charge in [-0.15, -0.1) is 0 Å². The van der Waals surface area contributed by atoms with Crippen molar-refractivity contribution in [1.82, 2.24) is 4.57 Å². The molecule has 0 unspecified atom stereocenters. The predicted molar refractivity (Wildman–Crippen MR) is 120 cm³/mol. The summed E-state index contributed by atoms with van der Waals surface area (Å²) in [7, 11) is 1.51. The number of Topliss-reactive ketones (excluding diaryl/α,β-unsaturated/α-hetero) is 1. The van der Waals surface area contributed by atoms with Crippen LogP contribution in [-0.4, -0.2) is 49.9 Å². The highest BCUT2D eigenvalue weighted by Gasteiger charge is 2.20. The summed E-state index contributed by atoms with van der Waals surface area (Å²) >= 11 is 0. The number of aromatic nitrogens is 1. The van der Waals surface area contributed by atoms with E-state index in [0.29, 0.717) is 41.8 Å². The van der Waals surface area contributed by atoms with E-state index in [9.17, 15) is 9.59 Å². The van der Waals surface area contributed by atoms with Gasteiger partial charge < -0.3 is 28.3 Å². The zero-order valence-corrected chi connectivity index (χ0v) is 18.8. The van der Waals surface area contributed by atoms with E-state index in [-0.39, 0.29) is 19.0 Å². The lowest BCUT2D eigenvalue weighted by Crippen LogP contribution is -2.20. The minimum atomic E-state index is -0.644. The maximum Gasteiger partial charge on any atom is 0.344 e. The second-order valence-corrected chi connectivity index (χ2v) is 7.47. The third-order valence-electron chi connectivity index (χ3n) is 5.29. The third-order valence-corrected chi connectivity index (χ3v) is 5.29. The number of esters is 1. The number of carbonyl (C=O) groups excluding carboxylic acids is 2. The number of fused-ring (bicyclic) bond motifs is 1. The standard InChI is InChI=1S/C25H25NO7/c1-16-12-19(17(2)26(16)18-8-9-23-24(13-18)31-11-10-30-23)20(27)14-33-25(28)15-32-22-7-5-4-6-21(22)29-3/h4-9,12-13H,10-11,14-15H2,1-3H3. The van der Waals surface area contributed by atoms with Gasteiger partial charge in [-0.3, -0.25) is 4.79 Å². The van der Waals surface area contributed by atoms with Crippen molar-refractivity contribution in [3.63, 3.8) is 0 Å². The fourth-order valence-corrected chi connectivity index (χ4v) is 3.75. The van der Waals surface area contributed by atoms with Gasteiger partial charge in [0.05, 0.1) is 7.11 Å². The van der Waals surface area contributed by atoms with Crippen LogP contribution in [0.25, 0.3) is 5.69 Å². The molecule has 0 N–H and O–H groups in total. The molecule has 0 fully saturated rings. The summed E-state index contributed by atoms with van der Waals surface area (Å²) < 4.78 is 29.0. The topological polar surface area (TPSA) is 85.2 Å². The minimum absolute atomic E-state index is 0.294. The van der Waals surface area contributed by atoms with Crippen molar-refractivity contribution in [2.24, 2.45) is 0 Å². The monoisotopic (exact) mass is 451 g/mol. The number of ketones is 1. The van der Waals surface area contributed by atoms with E-state index in [1.807, 2.05) is 36.6 Å². The molecule has 172 valence electrons. The van der Waals surface area contributed by atoms with E-state index in [1.165, 1.54) is 7.11 Å². The van der Waals surface area contributed by atoms with Crippen LogP contribution in [0.4, 0.5) is 0 Å². The van der Waals surface area contributed by atoms with Crippen LogP contribution in [0.2, 0.25) is 0 Å². The van der Waals surface area contributed by atoms with Gasteiger partial charge >= 0.3 is 5.97 Å². The number of rotatable bonds is 8. The van der Waals surface area contributed by atoms with E-state index in [4.69, 9.17) is 23.7 Å². The smallest absolute Gasteiger partial charge is 0.344 e. The number of methoxy groups -OCH3 is 1. The van der Waals surface area contributed by atoms with Crippen LogP contribution in [-0.2, 0) is 9.53 Å². The van der Waals surface area contributed by atoms with Gasteiger partial charge in [0.2, 0.25) is 5.78 Å². The van der Waals surface area contributed by atoms with E-state index < -0.39 is 5.97 Å². The Labute approximate surface area is 191 Å². The summed E-state index contributed by atoms with van der Waals surface area (Å²) in [6.45, 7) is 4.08. The molecule has 33 heavy (non-hydrogen) atoms. The summed E-state index contributed by atoms with van der Waals surface area (Å²) in [6.07, 6.45) is 0. The third kappa shape index (κ3) is 4.79. The molecule has 0 aliphatic carbocycles. The molecule has 0 bridgehead atoms. The Bertz CT molecular complexity index is 1180. The van der Waals surface area contributed by atoms with Crippen LogP contribution < -0.4 is 18.9 Å². The summed E-state index contributed by atoms with van der Waals surface area (Å²) in [4.78, 5) is 24.9. The second kappa shape index (κ2) is 9.68. The van der Waals surface area contributed by atoms with Crippen LogP contribution in [0.1, 0.15) is 21.7 Å². The first kappa shape index (κ1) is 22.3. The molecule has 1 aliphatic rings. The fraction of sp³-hybridized carbons (Fsp3) is 0.280. The van der Waals surface area contributed by atoms with Crippen LogP contribution in [0.15, 0.2) is 48.5 Å². The molecule has 0 amide bonds. The molecule has 3 aromatic rings. The number of benzene rings is 2. The Morgan fingerprint density at radius 2 is 1.67 bits per heavy atom. The van der Waals surface area contributed by atoms with E-state index in [0.717, 1.165) is 17.1 Å². The zero-order chi connectivity index (χ0) is 23.4. The maximum absolute atomic E-state index is 12.8. The lowest BCUT2D eigenvalue weighted by molar-refractivity contribution is -0.144. The highest BCUT2D eigenvalue weighted by atomic mass is 16.6. The van der Waals surface area contributed by atoms with Gasteiger partial charge in [0, 0.05) is 28.7 Å². The van der Waals surface area contributed by atoms with Crippen molar-refractivity contribution in [3.8, 4) is 28.7 Å². The van der Waals surface area contributed by atoms with Crippen LogP contribution in [0.3, 0.4) is 0 Å². The SMILES string of the molecule is COc1ccccc1OCC(=O)OCC(=O)c1cc(C)n(-c2ccc3c(c2)OCCO3)c1C. The predicted octanol–water partition coefficient (Wildman–Crippen LogP) is 3.68. The molecule has 1 aliphatic heterocycles. The molecule has 0 spiro atoms. The largest absolute Gasteiger partial charge is 0.493 e. The van der Waals surface area contributed by atoms with Crippen molar-refractivity contribution < 1.29 is 33.3 Å². The van der Waals surface area contributed by atoms with Crippen molar-refractivity contribution in [3.05, 3.63) is 65.5 Å². The van der Waals surface area contributed by atoms with Gasteiger partial charge in [0.25, 0.3) is 0 Å². The minimum Gasteiger partial charge on any atom is -0.493 e. The summed E-state index contributed by atoms with van der Waals surface area (Å²) in [5.41, 5.74) is 2.96. The Morgan fingerprint density at radius 1 is 0.939 bits per heavy atom. The van der Waals surface area contributed by atoms with Crippen molar-refractivity contribution >= 4 is 11.8 Å². The van der Waals surface area contributed by atoms with Gasteiger partial charge in [0.1, 0.15) is 13.2 Å². The molecular weight excluding hydrogens is 426 g/mol. The van der Waals surface area contributed by atoms with Crippen LogP contribution >= 0.6 is 0 Å². The summed E-state index contributed by atoms with van der Waals surface area (Å²) in [6, 6.07) is 14.4. The number of ether oxygens (including phenoxy) is 5. The lowest BCUT2D eigenvalue weighted by Gasteiger charge is -2.20. The number of para-hydroxylation sites is 2. The molecule has 8 heteroatoms. The Hall–Kier alpha value is -3.94. The maximum atomic E-state index is 12.8. The van der Waals surface area contributed by atoms with E-state index in [2.05, 4.69) is 0 Å². The van der Waals surface area contributed by atoms with E-state index >= 15 is 0 Å². The van der Waals surface area contributed by atoms with Gasteiger partial charge in [0.15, 0.2) is 36.2 Å². The normalized spacial score (nSPS) is 12.2. The number of carbonyl (C=O) groups is 2. The van der Waals surface area contributed by atoms with Gasteiger partial charge in [-0.2, -0.15) is 0 Å². The first-order chi connectivity index (χ1) is 16.0. The number of hydrogen-bond acceptors (Lipinski definition) is 7. The van der Waals surface area contributed by atoms with Gasteiger partial charge in [-0.05, 0) is 44.2 Å². The molecule has 1 aromatic heterocycles. The van der Waals surface area contributed by atoms with E-state index in [1.54, 1.807) is 30.3 Å². The molecule has 0 saturated carbocycles. The quantitative estimate of drug-likeness (QED) is 0.382. The number of aryl methyl sites for hydroxylation is 1. The van der Waals surface area contributed by atoms with Crippen molar-refractivity contribution in [2.45, 2.75) is 13.8 Å². The molecule has 0 saturated heterocycles. The fourth-order valence-electron chi connectivity index (χ4n) is 3.75. The Balaban J connectivity index is 1.40. The molecule has 8 nitrogen and oxygen atoms in total. The lowest BCUT2D eigenvalue weighted by atomic mass is 10.1. The van der Waals surface area contributed by atoms with Crippen LogP contribution in [0, 0.1) is 13.8 Å². The Morgan fingerprint density at radius 3 is 2.42 bits per heavy atom. The average molecular weight is 451 g/mol. The van der Waals surface area contributed by atoms with Crippen molar-refractivity contribution in [2.75, 3.05) is 33.5 Å². The number of nitrogens with zero attached hydrogens (tertiary/aromatic N) is 1. The first-order valence-electron chi connectivity index (χ1n) is 10.5. The highest BCUT2D eigenvalue weighted by Crippen LogP contribution is 2.33. The number of hydrogen-bond donors (Lipinski definition) is 0. The average Bonchev–Trinajstić information content (AvgIpc) is 3.14. The molecular formula is C25H25NO7. The zero-order valence-electron chi connectivity index (χ0n) is 18.8. The first-order valence-corrected chi connectivity index (χ1v) is 10.5. The molecule has 2 aromatic carbocycles. The summed E-state index contributed by atoms with van der Waals surface area (Å²) in [5.74, 6) is 1.36. The van der Waals surface area contributed by atoms with Gasteiger partial charge in [-0.25, -0.2) is 4.79 Å². The van der Waals surface area contributed by atoms with Crippen LogP contribution in [0.5, 0.6) is 23.0 Å². The van der Waals surface area contributed by atoms with Gasteiger partial charge in [-0.1, -0.05) is 12.1 Å². The molecule has 4 rings (SSSR count). The summed E-state index contributed by atoms with van der Waals surface area (Å²) in [5, 5.41) is 0. The highest BCUT2D eigenvalue weighted by molar-refractivity contribution is 5.99. The molecule has 2 heterocycles. The molecule has 0 radical (unpaired) electrons. The Kier molecular flexibility index (Phi) is 6.53.